The summed E-state index contributed by atoms with van der Waals surface area (Å²) in [4.78, 5) is 25.8. The van der Waals surface area contributed by atoms with E-state index in [1.165, 1.54) is 6.07 Å². The largest absolute Gasteiger partial charge is 0.356 e. The Morgan fingerprint density at radius 2 is 1.96 bits per heavy atom. The summed E-state index contributed by atoms with van der Waals surface area (Å²) < 4.78 is 13.5. The fraction of sp³-hybridized carbons (Fsp3) is 0.556. The van der Waals surface area contributed by atoms with Crippen LogP contribution in [-0.2, 0) is 16.0 Å². The summed E-state index contributed by atoms with van der Waals surface area (Å²) in [6, 6.07) is 6.62. The van der Waals surface area contributed by atoms with Crippen molar-refractivity contribution in [2.24, 2.45) is 5.92 Å². The summed E-state index contributed by atoms with van der Waals surface area (Å²) in [5, 5.41) is 2.89. The molecule has 0 aliphatic carbocycles. The number of carbonyl (C=O) groups excluding carboxylic acids is 2. The van der Waals surface area contributed by atoms with E-state index in [4.69, 9.17) is 0 Å². The molecule has 0 unspecified atom stereocenters. The smallest absolute Gasteiger partial charge is 0.223 e. The number of amides is 2. The van der Waals surface area contributed by atoms with E-state index in [2.05, 4.69) is 5.32 Å². The molecule has 1 fully saturated rings. The van der Waals surface area contributed by atoms with E-state index in [1.54, 1.807) is 18.2 Å². The number of carbonyl (C=O) groups is 2. The molecule has 2 rings (SSSR count). The van der Waals surface area contributed by atoms with Crippen molar-refractivity contribution in [3.63, 3.8) is 0 Å². The highest BCUT2D eigenvalue weighted by Crippen LogP contribution is 2.18. The third-order valence-electron chi connectivity index (χ3n) is 4.33. The molecule has 1 aliphatic rings. The van der Waals surface area contributed by atoms with Gasteiger partial charge in [0.2, 0.25) is 11.8 Å². The fourth-order valence-corrected chi connectivity index (χ4v) is 2.93. The molecule has 2 amide bonds. The van der Waals surface area contributed by atoms with Gasteiger partial charge in [-0.05, 0) is 37.3 Å². The fourth-order valence-electron chi connectivity index (χ4n) is 2.93. The van der Waals surface area contributed by atoms with E-state index < -0.39 is 0 Å². The van der Waals surface area contributed by atoms with Gasteiger partial charge in [0.25, 0.3) is 0 Å². The van der Waals surface area contributed by atoms with Crippen LogP contribution in [0.2, 0.25) is 0 Å². The van der Waals surface area contributed by atoms with Crippen LogP contribution in [0.5, 0.6) is 0 Å². The molecule has 1 N–H and O–H groups in total. The van der Waals surface area contributed by atoms with Gasteiger partial charge in [-0.1, -0.05) is 25.1 Å². The van der Waals surface area contributed by atoms with Crippen LogP contribution in [-0.4, -0.2) is 36.3 Å². The average Bonchev–Trinajstić information content (AvgIpc) is 2.57. The highest BCUT2D eigenvalue weighted by atomic mass is 19.1. The summed E-state index contributed by atoms with van der Waals surface area (Å²) in [5.74, 6) is -0.0689. The van der Waals surface area contributed by atoms with Gasteiger partial charge in [0.15, 0.2) is 0 Å². The van der Waals surface area contributed by atoms with Gasteiger partial charge in [-0.15, -0.1) is 0 Å². The Kier molecular flexibility index (Phi) is 6.56. The van der Waals surface area contributed by atoms with E-state index in [9.17, 15) is 14.0 Å². The van der Waals surface area contributed by atoms with Crippen LogP contribution in [0, 0.1) is 11.7 Å². The zero-order chi connectivity index (χ0) is 16.7. The number of hydrogen-bond acceptors (Lipinski definition) is 2. The van der Waals surface area contributed by atoms with Gasteiger partial charge in [0.05, 0.1) is 0 Å². The zero-order valence-electron chi connectivity index (χ0n) is 13.7. The number of nitrogens with zero attached hydrogens (tertiary/aromatic N) is 1. The molecule has 0 saturated carbocycles. The molecule has 1 aliphatic heterocycles. The number of rotatable bonds is 6. The molecule has 1 aromatic rings. The van der Waals surface area contributed by atoms with Gasteiger partial charge < -0.3 is 10.2 Å². The molecule has 1 heterocycles. The van der Waals surface area contributed by atoms with Crippen LogP contribution < -0.4 is 5.32 Å². The maximum Gasteiger partial charge on any atom is 0.223 e. The summed E-state index contributed by atoms with van der Waals surface area (Å²) >= 11 is 0. The molecule has 126 valence electrons. The second-order valence-corrected chi connectivity index (χ2v) is 6.04. The topological polar surface area (TPSA) is 49.4 Å². The van der Waals surface area contributed by atoms with Crippen LogP contribution in [0.4, 0.5) is 4.39 Å². The quantitative estimate of drug-likeness (QED) is 0.875. The first kappa shape index (κ1) is 17.4. The number of halogens is 1. The minimum Gasteiger partial charge on any atom is -0.356 e. The lowest BCUT2D eigenvalue weighted by Crippen LogP contribution is -2.43. The van der Waals surface area contributed by atoms with Gasteiger partial charge in [0.1, 0.15) is 5.82 Å². The maximum atomic E-state index is 13.5. The summed E-state index contributed by atoms with van der Waals surface area (Å²) in [6.07, 6.45) is 3.35. The normalized spacial score (nSPS) is 15.5. The highest BCUT2D eigenvalue weighted by molar-refractivity contribution is 5.80. The molecule has 0 radical (unpaired) electrons. The van der Waals surface area contributed by atoms with Gasteiger partial charge >= 0.3 is 0 Å². The van der Waals surface area contributed by atoms with E-state index in [-0.39, 0.29) is 23.5 Å². The Morgan fingerprint density at radius 1 is 1.26 bits per heavy atom. The molecule has 1 saturated heterocycles. The van der Waals surface area contributed by atoms with Gasteiger partial charge in [0, 0.05) is 32.0 Å². The minimum absolute atomic E-state index is 0.0175. The maximum absolute atomic E-state index is 13.5. The summed E-state index contributed by atoms with van der Waals surface area (Å²) in [6.45, 7) is 3.75. The molecule has 1 aromatic carbocycles. The molecule has 0 atom stereocenters. The van der Waals surface area contributed by atoms with Crippen molar-refractivity contribution in [1.29, 1.82) is 0 Å². The molecular weight excluding hydrogens is 295 g/mol. The molecule has 0 aromatic heterocycles. The Bertz CT molecular complexity index is 540. The van der Waals surface area contributed by atoms with Crippen molar-refractivity contribution >= 4 is 11.8 Å². The molecule has 5 heteroatoms. The Balaban J connectivity index is 1.71. The lowest BCUT2D eigenvalue weighted by Gasteiger charge is -2.31. The predicted molar refractivity (Wildman–Crippen MR) is 87.3 cm³/mol. The van der Waals surface area contributed by atoms with Gasteiger partial charge in [-0.2, -0.15) is 0 Å². The molecule has 23 heavy (non-hydrogen) atoms. The lowest BCUT2D eigenvalue weighted by molar-refractivity contribution is -0.135. The molecular formula is C18H25FN2O2. The number of hydrogen-bond donors (Lipinski definition) is 1. The third-order valence-corrected chi connectivity index (χ3v) is 4.33. The van der Waals surface area contributed by atoms with Crippen LogP contribution in [0.25, 0.3) is 0 Å². The Morgan fingerprint density at radius 3 is 2.61 bits per heavy atom. The van der Waals surface area contributed by atoms with Crippen LogP contribution >= 0.6 is 0 Å². The molecule has 4 nitrogen and oxygen atoms in total. The van der Waals surface area contributed by atoms with E-state index in [1.807, 2.05) is 11.8 Å². The van der Waals surface area contributed by atoms with Crippen molar-refractivity contribution in [3.05, 3.63) is 35.6 Å². The van der Waals surface area contributed by atoms with Gasteiger partial charge in [-0.25, -0.2) is 4.39 Å². The Labute approximate surface area is 137 Å². The number of benzene rings is 1. The summed E-state index contributed by atoms with van der Waals surface area (Å²) in [7, 11) is 0. The number of likely N-dealkylation sites (tertiary alicyclic amines) is 1. The highest BCUT2D eigenvalue weighted by Gasteiger charge is 2.26. The Hall–Kier alpha value is -1.91. The SMILES string of the molecule is CCCC(=O)N1CCC(C(=O)NCCc2ccccc2F)CC1. The van der Waals surface area contributed by atoms with Crippen LogP contribution in [0.1, 0.15) is 38.2 Å². The molecule has 0 spiro atoms. The van der Waals surface area contributed by atoms with Crippen LogP contribution in [0.15, 0.2) is 24.3 Å². The van der Waals surface area contributed by atoms with Crippen molar-refractivity contribution in [1.82, 2.24) is 10.2 Å². The standard InChI is InChI=1S/C18H25FN2O2/c1-2-5-17(22)21-12-9-15(10-13-21)18(23)20-11-8-14-6-3-4-7-16(14)19/h3-4,6-7,15H,2,5,8-13H2,1H3,(H,20,23). The van der Waals surface area contributed by atoms with E-state index >= 15 is 0 Å². The van der Waals surface area contributed by atoms with E-state index in [0.29, 0.717) is 50.9 Å². The van der Waals surface area contributed by atoms with Crippen molar-refractivity contribution in [2.75, 3.05) is 19.6 Å². The van der Waals surface area contributed by atoms with Crippen molar-refractivity contribution in [3.8, 4) is 0 Å². The van der Waals surface area contributed by atoms with Crippen LogP contribution in [0.3, 0.4) is 0 Å². The lowest BCUT2D eigenvalue weighted by atomic mass is 9.95. The monoisotopic (exact) mass is 320 g/mol. The average molecular weight is 320 g/mol. The second-order valence-electron chi connectivity index (χ2n) is 6.04. The first-order chi connectivity index (χ1) is 11.1. The summed E-state index contributed by atoms with van der Waals surface area (Å²) in [5.41, 5.74) is 0.618. The minimum atomic E-state index is -0.232. The number of nitrogens with one attached hydrogen (secondary N) is 1. The first-order valence-corrected chi connectivity index (χ1v) is 8.40. The predicted octanol–water partition coefficient (Wildman–Crippen LogP) is 2.52. The molecule has 0 bridgehead atoms. The first-order valence-electron chi connectivity index (χ1n) is 8.40. The van der Waals surface area contributed by atoms with E-state index in [0.717, 1.165) is 6.42 Å². The van der Waals surface area contributed by atoms with Crippen molar-refractivity contribution in [2.45, 2.75) is 39.0 Å². The van der Waals surface area contributed by atoms with Crippen molar-refractivity contribution < 1.29 is 14.0 Å². The number of piperidine rings is 1. The zero-order valence-corrected chi connectivity index (χ0v) is 13.7. The second kappa shape index (κ2) is 8.65. The third kappa shape index (κ3) is 5.05. The van der Waals surface area contributed by atoms with Gasteiger partial charge in [-0.3, -0.25) is 9.59 Å².